The zero-order chi connectivity index (χ0) is 19.8. The molecular formula is C22H30N4O2. The monoisotopic (exact) mass is 382 g/mol. The molecule has 1 aliphatic rings. The molecule has 2 N–H and O–H groups in total. The maximum absolute atomic E-state index is 11.9. The number of rotatable bonds is 8. The minimum atomic E-state index is 0.0727. The average molecular weight is 383 g/mol. The van der Waals surface area contributed by atoms with Gasteiger partial charge in [-0.25, -0.2) is 0 Å². The molecule has 0 aliphatic carbocycles. The van der Waals surface area contributed by atoms with Crippen molar-refractivity contribution in [3.63, 3.8) is 0 Å². The van der Waals surface area contributed by atoms with Gasteiger partial charge in [0.05, 0.1) is 6.61 Å². The van der Waals surface area contributed by atoms with Crippen LogP contribution in [0.1, 0.15) is 29.7 Å². The van der Waals surface area contributed by atoms with Crippen molar-refractivity contribution in [2.45, 2.75) is 39.2 Å². The lowest BCUT2D eigenvalue weighted by Crippen LogP contribution is -2.38. The van der Waals surface area contributed by atoms with E-state index in [1.54, 1.807) is 13.1 Å². The van der Waals surface area contributed by atoms with Crippen LogP contribution < -0.4 is 20.9 Å². The van der Waals surface area contributed by atoms with Crippen molar-refractivity contribution >= 4 is 5.96 Å². The second-order valence-corrected chi connectivity index (χ2v) is 7.08. The molecule has 2 aromatic rings. The van der Waals surface area contributed by atoms with Crippen molar-refractivity contribution in [3.05, 3.63) is 63.6 Å². The zero-order valence-corrected chi connectivity index (χ0v) is 16.8. The number of aromatic nitrogens is 1. The Labute approximate surface area is 166 Å². The third kappa shape index (κ3) is 5.38. The Morgan fingerprint density at radius 2 is 2.04 bits per heavy atom. The number of hydrogen-bond donors (Lipinski definition) is 2. The largest absolute Gasteiger partial charge is 0.493 e. The molecule has 6 nitrogen and oxygen atoms in total. The molecule has 0 fully saturated rings. The van der Waals surface area contributed by atoms with Crippen LogP contribution in [0.5, 0.6) is 5.75 Å². The first-order valence-corrected chi connectivity index (χ1v) is 10.0. The summed E-state index contributed by atoms with van der Waals surface area (Å²) in [4.78, 5) is 16.1. The van der Waals surface area contributed by atoms with Crippen molar-refractivity contribution in [1.82, 2.24) is 15.2 Å². The zero-order valence-electron chi connectivity index (χ0n) is 16.8. The number of fused-ring (bicyclic) bond motifs is 1. The SMILES string of the molecule is CN=C(NCCCCn1c(C)cccc1=O)NCCc1ccc2c(c1)CCO2. The summed E-state index contributed by atoms with van der Waals surface area (Å²) < 4.78 is 7.38. The van der Waals surface area contributed by atoms with Crippen LogP contribution in [0.4, 0.5) is 0 Å². The van der Waals surface area contributed by atoms with Crippen molar-refractivity contribution < 1.29 is 4.74 Å². The van der Waals surface area contributed by atoms with Gasteiger partial charge in [-0.05, 0) is 49.4 Å². The quantitative estimate of drug-likeness (QED) is 0.418. The number of aliphatic imine (C=N–C) groups is 1. The fourth-order valence-corrected chi connectivity index (χ4v) is 3.45. The third-order valence-electron chi connectivity index (χ3n) is 5.05. The molecule has 0 unspecified atom stereocenters. The average Bonchev–Trinajstić information content (AvgIpc) is 3.16. The summed E-state index contributed by atoms with van der Waals surface area (Å²) in [6.45, 7) is 5.18. The van der Waals surface area contributed by atoms with E-state index in [2.05, 4.69) is 33.8 Å². The first-order valence-electron chi connectivity index (χ1n) is 10.0. The molecule has 1 aromatic heterocycles. The number of nitrogens with zero attached hydrogens (tertiary/aromatic N) is 2. The summed E-state index contributed by atoms with van der Waals surface area (Å²) in [6, 6.07) is 11.8. The van der Waals surface area contributed by atoms with Crippen LogP contribution in [0.2, 0.25) is 0 Å². The number of benzene rings is 1. The smallest absolute Gasteiger partial charge is 0.250 e. The lowest BCUT2D eigenvalue weighted by Gasteiger charge is -2.13. The number of nitrogens with one attached hydrogen (secondary N) is 2. The van der Waals surface area contributed by atoms with E-state index in [1.807, 2.05) is 23.6 Å². The van der Waals surface area contributed by atoms with Gasteiger partial charge in [0.1, 0.15) is 5.75 Å². The van der Waals surface area contributed by atoms with Gasteiger partial charge in [-0.2, -0.15) is 0 Å². The van der Waals surface area contributed by atoms with Gasteiger partial charge < -0.3 is 19.9 Å². The molecule has 0 spiro atoms. The van der Waals surface area contributed by atoms with Crippen LogP contribution in [0.3, 0.4) is 0 Å². The van der Waals surface area contributed by atoms with Crippen LogP contribution in [-0.2, 0) is 19.4 Å². The summed E-state index contributed by atoms with van der Waals surface area (Å²) in [5, 5.41) is 6.71. The second-order valence-electron chi connectivity index (χ2n) is 7.08. The Bertz CT molecular complexity index is 873. The molecule has 1 aliphatic heterocycles. The van der Waals surface area contributed by atoms with E-state index in [-0.39, 0.29) is 5.56 Å². The van der Waals surface area contributed by atoms with Crippen LogP contribution in [0.25, 0.3) is 0 Å². The molecular weight excluding hydrogens is 352 g/mol. The van der Waals surface area contributed by atoms with Crippen LogP contribution >= 0.6 is 0 Å². The number of ether oxygens (including phenoxy) is 1. The van der Waals surface area contributed by atoms with Crippen molar-refractivity contribution in [3.8, 4) is 5.75 Å². The Hall–Kier alpha value is -2.76. The first kappa shape index (κ1) is 20.0. The van der Waals surface area contributed by atoms with E-state index >= 15 is 0 Å². The van der Waals surface area contributed by atoms with E-state index in [9.17, 15) is 4.79 Å². The number of guanidine groups is 1. The fraction of sp³-hybridized carbons (Fsp3) is 0.455. The van der Waals surface area contributed by atoms with Crippen LogP contribution in [0.15, 0.2) is 46.2 Å². The van der Waals surface area contributed by atoms with Gasteiger partial charge in [-0.3, -0.25) is 9.79 Å². The predicted molar refractivity (Wildman–Crippen MR) is 113 cm³/mol. The maximum atomic E-state index is 11.9. The van der Waals surface area contributed by atoms with E-state index in [4.69, 9.17) is 4.74 Å². The second kappa shape index (κ2) is 9.97. The molecule has 6 heteroatoms. The Morgan fingerprint density at radius 1 is 1.18 bits per heavy atom. The summed E-state index contributed by atoms with van der Waals surface area (Å²) in [6.07, 6.45) is 3.89. The minimum absolute atomic E-state index is 0.0727. The summed E-state index contributed by atoms with van der Waals surface area (Å²) in [5.74, 6) is 1.85. The molecule has 0 amide bonds. The predicted octanol–water partition coefficient (Wildman–Crippen LogP) is 2.28. The molecule has 2 heterocycles. The highest BCUT2D eigenvalue weighted by atomic mass is 16.5. The number of aryl methyl sites for hydroxylation is 1. The van der Waals surface area contributed by atoms with Gasteiger partial charge in [-0.15, -0.1) is 0 Å². The molecule has 150 valence electrons. The maximum Gasteiger partial charge on any atom is 0.250 e. The number of pyridine rings is 1. The highest BCUT2D eigenvalue weighted by Crippen LogP contribution is 2.25. The lowest BCUT2D eigenvalue weighted by molar-refractivity contribution is 0.357. The lowest BCUT2D eigenvalue weighted by atomic mass is 10.1. The molecule has 0 atom stereocenters. The topological polar surface area (TPSA) is 67.7 Å². The molecule has 0 bridgehead atoms. The minimum Gasteiger partial charge on any atom is -0.493 e. The van der Waals surface area contributed by atoms with Gasteiger partial charge in [0, 0.05) is 44.9 Å². The van der Waals surface area contributed by atoms with Gasteiger partial charge in [0.2, 0.25) is 0 Å². The standard InChI is InChI=1S/C22H30N4O2/c1-17-6-5-7-21(27)26(17)14-4-3-12-24-22(23-2)25-13-10-18-8-9-20-19(16-18)11-15-28-20/h5-9,16H,3-4,10-15H2,1-2H3,(H2,23,24,25). The summed E-state index contributed by atoms with van der Waals surface area (Å²) in [5.41, 5.74) is 3.71. The van der Waals surface area contributed by atoms with E-state index in [1.165, 1.54) is 11.1 Å². The van der Waals surface area contributed by atoms with E-state index in [0.717, 1.165) is 69.3 Å². The van der Waals surface area contributed by atoms with Crippen LogP contribution in [0, 0.1) is 6.92 Å². The molecule has 0 radical (unpaired) electrons. The molecule has 3 rings (SSSR count). The van der Waals surface area contributed by atoms with E-state index in [0.29, 0.717) is 0 Å². The van der Waals surface area contributed by atoms with Crippen molar-refractivity contribution in [2.24, 2.45) is 4.99 Å². The Kier molecular flexibility index (Phi) is 7.12. The van der Waals surface area contributed by atoms with Crippen molar-refractivity contribution in [1.29, 1.82) is 0 Å². The highest BCUT2D eigenvalue weighted by molar-refractivity contribution is 5.79. The van der Waals surface area contributed by atoms with Crippen molar-refractivity contribution in [2.75, 3.05) is 26.7 Å². The first-order chi connectivity index (χ1) is 13.7. The Morgan fingerprint density at radius 3 is 2.86 bits per heavy atom. The molecule has 28 heavy (non-hydrogen) atoms. The molecule has 1 aromatic carbocycles. The van der Waals surface area contributed by atoms with E-state index < -0.39 is 0 Å². The van der Waals surface area contributed by atoms with Gasteiger partial charge >= 0.3 is 0 Å². The van der Waals surface area contributed by atoms with Crippen LogP contribution in [-0.4, -0.2) is 37.3 Å². The molecule has 0 saturated carbocycles. The summed E-state index contributed by atoms with van der Waals surface area (Å²) >= 11 is 0. The number of hydrogen-bond acceptors (Lipinski definition) is 3. The Balaban J connectivity index is 1.34. The van der Waals surface area contributed by atoms with Gasteiger partial charge in [0.25, 0.3) is 5.56 Å². The number of unbranched alkanes of at least 4 members (excludes halogenated alkanes) is 1. The third-order valence-corrected chi connectivity index (χ3v) is 5.05. The normalized spacial score (nSPS) is 13.1. The molecule has 0 saturated heterocycles. The fourth-order valence-electron chi connectivity index (χ4n) is 3.45. The summed E-state index contributed by atoms with van der Waals surface area (Å²) in [7, 11) is 1.79. The van der Waals surface area contributed by atoms with Gasteiger partial charge in [0.15, 0.2) is 5.96 Å². The van der Waals surface area contributed by atoms with Gasteiger partial charge in [-0.1, -0.05) is 18.2 Å². The highest BCUT2D eigenvalue weighted by Gasteiger charge is 2.11.